The van der Waals surface area contributed by atoms with Gasteiger partial charge in [0.25, 0.3) is 0 Å². The average molecular weight is 215 g/mol. The molecular formula is C10H9N5O. The molecule has 80 valence electrons. The molecule has 0 fully saturated rings. The van der Waals surface area contributed by atoms with Crippen molar-refractivity contribution >= 4 is 16.9 Å². The van der Waals surface area contributed by atoms with Gasteiger partial charge in [0, 0.05) is 0 Å². The fraction of sp³-hybridized carbons (Fsp3) is 0.100. The van der Waals surface area contributed by atoms with E-state index in [1.54, 1.807) is 12.5 Å². The Balaban J connectivity index is 1.86. The van der Waals surface area contributed by atoms with Gasteiger partial charge in [-0.05, 0) is 12.1 Å². The SMILES string of the molecule is c1coc(CNc2ncnc3cn[nH]c23)c1. The fourth-order valence-electron chi connectivity index (χ4n) is 1.48. The summed E-state index contributed by atoms with van der Waals surface area (Å²) in [6.45, 7) is 0.581. The maximum absolute atomic E-state index is 5.22. The molecule has 0 spiro atoms. The first-order chi connectivity index (χ1) is 7.93. The molecule has 0 atom stereocenters. The van der Waals surface area contributed by atoms with Crippen LogP contribution in [0.4, 0.5) is 5.82 Å². The monoisotopic (exact) mass is 215 g/mol. The van der Waals surface area contributed by atoms with Crippen LogP contribution in [-0.4, -0.2) is 20.2 Å². The normalized spacial score (nSPS) is 10.8. The first kappa shape index (κ1) is 8.90. The summed E-state index contributed by atoms with van der Waals surface area (Å²) >= 11 is 0. The number of H-pyrrole nitrogens is 1. The molecule has 6 nitrogen and oxygen atoms in total. The minimum atomic E-state index is 0.581. The molecule has 3 rings (SSSR count). The number of aromatic nitrogens is 4. The summed E-state index contributed by atoms with van der Waals surface area (Å²) in [6, 6.07) is 3.75. The van der Waals surface area contributed by atoms with E-state index in [0.717, 1.165) is 22.6 Å². The number of anilines is 1. The van der Waals surface area contributed by atoms with E-state index in [9.17, 15) is 0 Å². The maximum atomic E-state index is 5.22. The van der Waals surface area contributed by atoms with Crippen molar-refractivity contribution in [3.05, 3.63) is 36.7 Å². The van der Waals surface area contributed by atoms with E-state index in [2.05, 4.69) is 25.5 Å². The van der Waals surface area contributed by atoms with Crippen LogP contribution in [0.3, 0.4) is 0 Å². The Hall–Kier alpha value is -2.37. The van der Waals surface area contributed by atoms with Gasteiger partial charge in [-0.1, -0.05) is 0 Å². The fourth-order valence-corrected chi connectivity index (χ4v) is 1.48. The van der Waals surface area contributed by atoms with Crippen molar-refractivity contribution < 1.29 is 4.42 Å². The first-order valence-electron chi connectivity index (χ1n) is 4.84. The van der Waals surface area contributed by atoms with Crippen LogP contribution in [0.5, 0.6) is 0 Å². The number of hydrogen-bond donors (Lipinski definition) is 2. The number of hydrogen-bond acceptors (Lipinski definition) is 5. The summed E-state index contributed by atoms with van der Waals surface area (Å²) in [5, 5.41) is 9.93. The lowest BCUT2D eigenvalue weighted by atomic mass is 10.4. The molecule has 0 aliphatic carbocycles. The Labute approximate surface area is 90.7 Å². The zero-order valence-electron chi connectivity index (χ0n) is 8.34. The van der Waals surface area contributed by atoms with Gasteiger partial charge < -0.3 is 9.73 Å². The summed E-state index contributed by atoms with van der Waals surface area (Å²) in [5.41, 5.74) is 1.59. The van der Waals surface area contributed by atoms with Crippen LogP contribution in [0.1, 0.15) is 5.76 Å². The molecule has 0 aromatic carbocycles. The third kappa shape index (κ3) is 1.50. The van der Waals surface area contributed by atoms with E-state index in [0.29, 0.717) is 6.54 Å². The second-order valence-corrected chi connectivity index (χ2v) is 3.29. The van der Waals surface area contributed by atoms with E-state index < -0.39 is 0 Å². The number of furan rings is 1. The smallest absolute Gasteiger partial charge is 0.155 e. The van der Waals surface area contributed by atoms with Gasteiger partial charge in [0.15, 0.2) is 5.82 Å². The largest absolute Gasteiger partial charge is 0.467 e. The lowest BCUT2D eigenvalue weighted by Gasteiger charge is -2.03. The van der Waals surface area contributed by atoms with Crippen molar-refractivity contribution in [1.82, 2.24) is 20.2 Å². The van der Waals surface area contributed by atoms with Crippen LogP contribution >= 0.6 is 0 Å². The number of rotatable bonds is 3. The second-order valence-electron chi connectivity index (χ2n) is 3.29. The van der Waals surface area contributed by atoms with Crippen molar-refractivity contribution in [1.29, 1.82) is 0 Å². The van der Waals surface area contributed by atoms with E-state index in [-0.39, 0.29) is 0 Å². The Morgan fingerprint density at radius 1 is 1.38 bits per heavy atom. The highest BCUT2D eigenvalue weighted by Gasteiger charge is 2.05. The third-order valence-electron chi connectivity index (χ3n) is 2.25. The van der Waals surface area contributed by atoms with Crippen LogP contribution in [0.2, 0.25) is 0 Å². The topological polar surface area (TPSA) is 79.6 Å². The molecule has 0 unspecified atom stereocenters. The van der Waals surface area contributed by atoms with E-state index in [1.165, 1.54) is 6.33 Å². The Morgan fingerprint density at radius 2 is 2.38 bits per heavy atom. The zero-order chi connectivity index (χ0) is 10.8. The summed E-state index contributed by atoms with van der Waals surface area (Å²) in [5.74, 6) is 1.57. The Bertz CT molecular complexity index is 586. The van der Waals surface area contributed by atoms with E-state index >= 15 is 0 Å². The number of aromatic amines is 1. The van der Waals surface area contributed by atoms with E-state index in [1.807, 2.05) is 12.1 Å². The highest BCUT2D eigenvalue weighted by molar-refractivity contribution is 5.83. The quantitative estimate of drug-likeness (QED) is 0.693. The first-order valence-corrected chi connectivity index (χ1v) is 4.84. The van der Waals surface area contributed by atoms with Gasteiger partial charge in [0.05, 0.1) is 19.0 Å². The zero-order valence-corrected chi connectivity index (χ0v) is 8.34. The van der Waals surface area contributed by atoms with Crippen LogP contribution in [0.25, 0.3) is 11.0 Å². The average Bonchev–Trinajstić information content (AvgIpc) is 2.97. The standard InChI is InChI=1S/C10H9N5O/c1-2-7(16-3-1)4-11-10-9-8(5-14-15-9)12-6-13-10/h1-3,5-6H,4H2,(H,14,15)(H,11,12,13). The van der Waals surface area contributed by atoms with Crippen LogP contribution in [0, 0.1) is 0 Å². The summed E-state index contributed by atoms with van der Waals surface area (Å²) in [7, 11) is 0. The minimum Gasteiger partial charge on any atom is -0.467 e. The second kappa shape index (κ2) is 3.65. The molecule has 0 amide bonds. The molecule has 16 heavy (non-hydrogen) atoms. The van der Waals surface area contributed by atoms with Gasteiger partial charge in [-0.2, -0.15) is 5.10 Å². The summed E-state index contributed by atoms with van der Waals surface area (Å²) in [4.78, 5) is 8.22. The molecule has 3 aromatic heterocycles. The molecule has 0 bridgehead atoms. The highest BCUT2D eigenvalue weighted by atomic mass is 16.3. The predicted octanol–water partition coefficient (Wildman–Crippen LogP) is 1.56. The van der Waals surface area contributed by atoms with Crippen molar-refractivity contribution in [2.45, 2.75) is 6.54 Å². The molecular weight excluding hydrogens is 206 g/mol. The van der Waals surface area contributed by atoms with Gasteiger partial charge in [-0.15, -0.1) is 0 Å². The molecule has 0 saturated carbocycles. The van der Waals surface area contributed by atoms with Crippen LogP contribution in [0.15, 0.2) is 35.3 Å². The number of fused-ring (bicyclic) bond motifs is 1. The van der Waals surface area contributed by atoms with Crippen LogP contribution < -0.4 is 5.32 Å². The summed E-state index contributed by atoms with van der Waals surface area (Å²) in [6.07, 6.45) is 4.81. The van der Waals surface area contributed by atoms with Crippen molar-refractivity contribution in [3.63, 3.8) is 0 Å². The van der Waals surface area contributed by atoms with Crippen molar-refractivity contribution in [2.24, 2.45) is 0 Å². The number of nitrogens with zero attached hydrogens (tertiary/aromatic N) is 3. The summed E-state index contributed by atoms with van der Waals surface area (Å²) < 4.78 is 5.22. The minimum absolute atomic E-state index is 0.581. The Kier molecular flexibility index (Phi) is 2.03. The molecule has 6 heteroatoms. The van der Waals surface area contributed by atoms with Gasteiger partial charge in [0.2, 0.25) is 0 Å². The molecule has 0 aliphatic rings. The molecule has 0 aliphatic heterocycles. The van der Waals surface area contributed by atoms with E-state index in [4.69, 9.17) is 4.42 Å². The van der Waals surface area contributed by atoms with Crippen molar-refractivity contribution in [2.75, 3.05) is 5.32 Å². The molecule has 0 saturated heterocycles. The predicted molar refractivity (Wildman–Crippen MR) is 57.7 cm³/mol. The lowest BCUT2D eigenvalue weighted by Crippen LogP contribution is -2.01. The third-order valence-corrected chi connectivity index (χ3v) is 2.25. The maximum Gasteiger partial charge on any atom is 0.155 e. The van der Waals surface area contributed by atoms with Gasteiger partial charge in [-0.3, -0.25) is 5.10 Å². The molecule has 3 aromatic rings. The van der Waals surface area contributed by atoms with Gasteiger partial charge in [0.1, 0.15) is 23.1 Å². The van der Waals surface area contributed by atoms with Gasteiger partial charge >= 0.3 is 0 Å². The molecule has 3 heterocycles. The highest BCUT2D eigenvalue weighted by Crippen LogP contribution is 2.16. The molecule has 2 N–H and O–H groups in total. The Morgan fingerprint density at radius 3 is 3.25 bits per heavy atom. The number of nitrogens with one attached hydrogen (secondary N) is 2. The lowest BCUT2D eigenvalue weighted by molar-refractivity contribution is 0.518. The van der Waals surface area contributed by atoms with Crippen LogP contribution in [-0.2, 0) is 6.54 Å². The molecule has 0 radical (unpaired) electrons. The van der Waals surface area contributed by atoms with Gasteiger partial charge in [-0.25, -0.2) is 9.97 Å². The van der Waals surface area contributed by atoms with Crippen molar-refractivity contribution in [3.8, 4) is 0 Å².